The van der Waals surface area contributed by atoms with Gasteiger partial charge in [0.25, 0.3) is 0 Å². The van der Waals surface area contributed by atoms with E-state index in [2.05, 4.69) is 32.9 Å². The Bertz CT molecular complexity index is 583. The van der Waals surface area contributed by atoms with Crippen LogP contribution in [0.1, 0.15) is 31.9 Å². The van der Waals surface area contributed by atoms with Crippen LogP contribution in [-0.4, -0.2) is 0 Å². The Morgan fingerprint density at radius 2 is 1.55 bits per heavy atom. The molecule has 0 aliphatic rings. The lowest BCUT2D eigenvalue weighted by Crippen LogP contribution is -2.10. The average molecular weight is 309 g/mol. The van der Waals surface area contributed by atoms with Crippen LogP contribution in [0.25, 0.3) is 0 Å². The molecule has 2 rings (SSSR count). The Kier molecular flexibility index (Phi) is 4.62. The zero-order valence-electron chi connectivity index (χ0n) is 11.9. The molecule has 0 unspecified atom stereocenters. The summed E-state index contributed by atoms with van der Waals surface area (Å²) in [5, 5.41) is 0.629. The Morgan fingerprint density at radius 1 is 0.950 bits per heavy atom. The highest BCUT2D eigenvalue weighted by molar-refractivity contribution is 6.32. The zero-order valence-corrected chi connectivity index (χ0v) is 13.4. The summed E-state index contributed by atoms with van der Waals surface area (Å²) in [4.78, 5) is 0. The molecule has 3 heteroatoms. The molecule has 0 bridgehead atoms. The predicted octanol–water partition coefficient (Wildman–Crippen LogP) is 6.17. The van der Waals surface area contributed by atoms with Crippen molar-refractivity contribution in [2.45, 2.75) is 32.1 Å². The molecule has 0 aliphatic heterocycles. The Balaban J connectivity index is 2.16. The molecule has 0 N–H and O–H groups in total. The summed E-state index contributed by atoms with van der Waals surface area (Å²) >= 11 is 11.9. The van der Waals surface area contributed by atoms with E-state index in [0.29, 0.717) is 16.7 Å². The van der Waals surface area contributed by atoms with Crippen LogP contribution in [0.2, 0.25) is 5.02 Å². The van der Waals surface area contributed by atoms with Gasteiger partial charge in [0.15, 0.2) is 0 Å². The summed E-state index contributed by atoms with van der Waals surface area (Å²) in [6, 6.07) is 13.7. The van der Waals surface area contributed by atoms with Gasteiger partial charge in [-0.1, -0.05) is 50.6 Å². The first-order valence-electron chi connectivity index (χ1n) is 6.53. The minimum absolute atomic E-state index is 0.143. The second-order valence-electron chi connectivity index (χ2n) is 5.76. The lowest BCUT2D eigenvalue weighted by atomic mass is 9.87. The number of alkyl halides is 1. The van der Waals surface area contributed by atoms with Crippen LogP contribution in [0.15, 0.2) is 42.5 Å². The standard InChI is InChI=1S/C17H18Cl2O/c1-17(2,3)13-5-8-14(9-6-13)20-15-7-4-12(11-18)16(19)10-15/h4-10H,11H2,1-3H3. The van der Waals surface area contributed by atoms with E-state index in [0.717, 1.165) is 11.3 Å². The summed E-state index contributed by atoms with van der Waals surface area (Å²) in [5.74, 6) is 1.92. The molecule has 0 saturated heterocycles. The second kappa shape index (κ2) is 6.07. The molecular weight excluding hydrogens is 291 g/mol. The topological polar surface area (TPSA) is 9.23 Å². The molecule has 20 heavy (non-hydrogen) atoms. The van der Waals surface area contributed by atoms with E-state index >= 15 is 0 Å². The first-order chi connectivity index (χ1) is 9.40. The highest BCUT2D eigenvalue weighted by Crippen LogP contribution is 2.29. The molecule has 2 aromatic carbocycles. The van der Waals surface area contributed by atoms with Crippen LogP contribution in [0.4, 0.5) is 0 Å². The first kappa shape index (κ1) is 15.2. The number of ether oxygens (including phenoxy) is 1. The summed E-state index contributed by atoms with van der Waals surface area (Å²) in [7, 11) is 0. The Morgan fingerprint density at radius 3 is 2.05 bits per heavy atom. The summed E-state index contributed by atoms with van der Waals surface area (Å²) in [5.41, 5.74) is 2.33. The Labute approximate surface area is 130 Å². The van der Waals surface area contributed by atoms with Crippen LogP contribution < -0.4 is 4.74 Å². The van der Waals surface area contributed by atoms with E-state index < -0.39 is 0 Å². The molecule has 106 valence electrons. The fraction of sp³-hybridized carbons (Fsp3) is 0.294. The third-order valence-corrected chi connectivity index (χ3v) is 3.76. The van der Waals surface area contributed by atoms with E-state index in [-0.39, 0.29) is 5.41 Å². The van der Waals surface area contributed by atoms with Crippen LogP contribution in [0.3, 0.4) is 0 Å². The number of hydrogen-bond donors (Lipinski definition) is 0. The predicted molar refractivity (Wildman–Crippen MR) is 86.2 cm³/mol. The van der Waals surface area contributed by atoms with Gasteiger partial charge in [0, 0.05) is 10.9 Å². The van der Waals surface area contributed by atoms with E-state index in [1.54, 1.807) is 6.07 Å². The highest BCUT2D eigenvalue weighted by Gasteiger charge is 2.13. The minimum atomic E-state index is 0.143. The largest absolute Gasteiger partial charge is 0.457 e. The van der Waals surface area contributed by atoms with Crippen molar-refractivity contribution in [2.75, 3.05) is 0 Å². The van der Waals surface area contributed by atoms with Gasteiger partial charge in [0.1, 0.15) is 11.5 Å². The van der Waals surface area contributed by atoms with Crippen molar-refractivity contribution in [3.05, 3.63) is 58.6 Å². The van der Waals surface area contributed by atoms with Gasteiger partial charge < -0.3 is 4.74 Å². The number of hydrogen-bond acceptors (Lipinski definition) is 1. The first-order valence-corrected chi connectivity index (χ1v) is 7.44. The third-order valence-electron chi connectivity index (χ3n) is 3.12. The van der Waals surface area contributed by atoms with Gasteiger partial charge in [-0.2, -0.15) is 0 Å². The number of halogens is 2. The Hall–Kier alpha value is -1.18. The maximum atomic E-state index is 6.12. The summed E-state index contributed by atoms with van der Waals surface area (Å²) in [6.07, 6.45) is 0. The van der Waals surface area contributed by atoms with Crippen molar-refractivity contribution < 1.29 is 4.74 Å². The molecule has 2 aromatic rings. The molecule has 0 spiro atoms. The third kappa shape index (κ3) is 3.68. The normalized spacial score (nSPS) is 11.4. The van der Waals surface area contributed by atoms with Gasteiger partial charge in [0.2, 0.25) is 0 Å². The van der Waals surface area contributed by atoms with E-state index in [1.807, 2.05) is 24.3 Å². The van der Waals surface area contributed by atoms with Gasteiger partial charge in [-0.15, -0.1) is 11.6 Å². The molecule has 0 atom stereocenters. The van der Waals surface area contributed by atoms with Crippen molar-refractivity contribution in [1.82, 2.24) is 0 Å². The number of benzene rings is 2. The van der Waals surface area contributed by atoms with Gasteiger partial charge in [-0.25, -0.2) is 0 Å². The SMILES string of the molecule is CC(C)(C)c1ccc(Oc2ccc(CCl)c(Cl)c2)cc1. The maximum absolute atomic E-state index is 6.12. The maximum Gasteiger partial charge on any atom is 0.128 e. The van der Waals surface area contributed by atoms with Gasteiger partial charge >= 0.3 is 0 Å². The average Bonchev–Trinajstić information content (AvgIpc) is 2.38. The monoisotopic (exact) mass is 308 g/mol. The lowest BCUT2D eigenvalue weighted by Gasteiger charge is -2.19. The van der Waals surface area contributed by atoms with E-state index in [1.165, 1.54) is 5.56 Å². The van der Waals surface area contributed by atoms with Crippen LogP contribution in [0, 0.1) is 0 Å². The summed E-state index contributed by atoms with van der Waals surface area (Å²) < 4.78 is 5.80. The molecule has 0 amide bonds. The molecule has 0 aliphatic carbocycles. The van der Waals surface area contributed by atoms with Crippen molar-refractivity contribution in [2.24, 2.45) is 0 Å². The molecule has 0 heterocycles. The molecule has 1 nitrogen and oxygen atoms in total. The van der Waals surface area contributed by atoms with Crippen LogP contribution >= 0.6 is 23.2 Å². The molecule has 0 saturated carbocycles. The smallest absolute Gasteiger partial charge is 0.128 e. The molecule has 0 aromatic heterocycles. The van der Waals surface area contributed by atoms with Gasteiger partial charge in [-0.3, -0.25) is 0 Å². The van der Waals surface area contributed by atoms with E-state index in [4.69, 9.17) is 27.9 Å². The van der Waals surface area contributed by atoms with Crippen molar-refractivity contribution in [3.8, 4) is 11.5 Å². The highest BCUT2D eigenvalue weighted by atomic mass is 35.5. The summed E-state index contributed by atoms with van der Waals surface area (Å²) in [6.45, 7) is 6.56. The zero-order chi connectivity index (χ0) is 14.8. The van der Waals surface area contributed by atoms with Crippen LogP contribution in [0.5, 0.6) is 11.5 Å². The molecular formula is C17H18Cl2O. The van der Waals surface area contributed by atoms with Gasteiger partial charge in [0.05, 0.1) is 0 Å². The van der Waals surface area contributed by atoms with E-state index in [9.17, 15) is 0 Å². The lowest BCUT2D eigenvalue weighted by molar-refractivity contribution is 0.481. The fourth-order valence-electron chi connectivity index (χ4n) is 1.86. The fourth-order valence-corrected chi connectivity index (χ4v) is 2.40. The number of rotatable bonds is 3. The van der Waals surface area contributed by atoms with Gasteiger partial charge in [-0.05, 0) is 40.8 Å². The van der Waals surface area contributed by atoms with Crippen molar-refractivity contribution in [3.63, 3.8) is 0 Å². The quantitative estimate of drug-likeness (QED) is 0.616. The molecule has 0 fully saturated rings. The second-order valence-corrected chi connectivity index (χ2v) is 6.44. The van der Waals surface area contributed by atoms with Crippen molar-refractivity contribution in [1.29, 1.82) is 0 Å². The minimum Gasteiger partial charge on any atom is -0.457 e. The molecule has 0 radical (unpaired) electrons. The van der Waals surface area contributed by atoms with Crippen LogP contribution in [-0.2, 0) is 11.3 Å². The van der Waals surface area contributed by atoms with Crippen molar-refractivity contribution >= 4 is 23.2 Å².